The zero-order valence-electron chi connectivity index (χ0n) is 11.2. The van der Waals surface area contributed by atoms with Crippen molar-refractivity contribution in [1.29, 1.82) is 0 Å². The average molecular weight is 244 g/mol. The van der Waals surface area contributed by atoms with Gasteiger partial charge in [0.25, 0.3) is 0 Å². The highest BCUT2D eigenvalue weighted by molar-refractivity contribution is 5.30. The molecule has 0 aliphatic rings. The van der Waals surface area contributed by atoms with Crippen molar-refractivity contribution in [2.24, 2.45) is 7.05 Å². The fraction of sp³-hybridized carbons (Fsp3) is 0.400. The summed E-state index contributed by atoms with van der Waals surface area (Å²) in [6.07, 6.45) is 1.09. The van der Waals surface area contributed by atoms with Crippen LogP contribution < -0.4 is 0 Å². The Kier molecular flexibility index (Phi) is 3.82. The molecule has 18 heavy (non-hydrogen) atoms. The molecule has 0 spiro atoms. The molecule has 0 bridgehead atoms. The summed E-state index contributed by atoms with van der Waals surface area (Å²) in [7, 11) is 1.92. The minimum Gasteiger partial charge on any atom is -0.388 e. The smallest absolute Gasteiger partial charge is 0.0847 e. The standard InChI is InChI=1S/C15H20N2O/c1-4-12-7-5-6-8-14(12)15(18)10-13-9-11(2)16-17(13)3/h5-9,15,18H,4,10H2,1-3H3. The largest absolute Gasteiger partial charge is 0.388 e. The molecule has 0 fully saturated rings. The molecule has 2 rings (SSSR count). The summed E-state index contributed by atoms with van der Waals surface area (Å²) in [5, 5.41) is 14.7. The number of benzene rings is 1. The fourth-order valence-corrected chi connectivity index (χ4v) is 2.34. The summed E-state index contributed by atoms with van der Waals surface area (Å²) >= 11 is 0. The molecule has 1 N–H and O–H groups in total. The van der Waals surface area contributed by atoms with Crippen LogP contribution in [0.4, 0.5) is 0 Å². The summed E-state index contributed by atoms with van der Waals surface area (Å²) in [5.41, 5.74) is 4.29. The van der Waals surface area contributed by atoms with Crippen LogP contribution in [0.2, 0.25) is 0 Å². The van der Waals surface area contributed by atoms with Crippen LogP contribution in [0.5, 0.6) is 0 Å². The van der Waals surface area contributed by atoms with Crippen molar-refractivity contribution < 1.29 is 5.11 Å². The Balaban J connectivity index is 2.21. The summed E-state index contributed by atoms with van der Waals surface area (Å²) in [6, 6.07) is 10.1. The van der Waals surface area contributed by atoms with Gasteiger partial charge in [0.15, 0.2) is 0 Å². The highest BCUT2D eigenvalue weighted by Crippen LogP contribution is 2.22. The van der Waals surface area contributed by atoms with Crippen LogP contribution in [0.15, 0.2) is 30.3 Å². The van der Waals surface area contributed by atoms with E-state index in [1.165, 1.54) is 5.56 Å². The quantitative estimate of drug-likeness (QED) is 0.897. The highest BCUT2D eigenvalue weighted by atomic mass is 16.3. The Morgan fingerprint density at radius 1 is 1.33 bits per heavy atom. The molecule has 1 atom stereocenters. The first-order valence-corrected chi connectivity index (χ1v) is 6.37. The number of hydrogen-bond donors (Lipinski definition) is 1. The summed E-state index contributed by atoms with van der Waals surface area (Å²) in [6.45, 7) is 4.08. The predicted octanol–water partition coefficient (Wildman–Crippen LogP) is 2.57. The van der Waals surface area contributed by atoms with Gasteiger partial charge in [-0.2, -0.15) is 5.10 Å². The van der Waals surface area contributed by atoms with Gasteiger partial charge in [0, 0.05) is 19.2 Å². The highest BCUT2D eigenvalue weighted by Gasteiger charge is 2.14. The van der Waals surface area contributed by atoms with Crippen molar-refractivity contribution in [3.8, 4) is 0 Å². The van der Waals surface area contributed by atoms with E-state index in [0.717, 1.165) is 23.4 Å². The van der Waals surface area contributed by atoms with E-state index in [0.29, 0.717) is 6.42 Å². The zero-order valence-corrected chi connectivity index (χ0v) is 11.2. The number of nitrogens with zero attached hydrogens (tertiary/aromatic N) is 2. The normalized spacial score (nSPS) is 12.7. The Labute approximate surface area is 108 Å². The fourth-order valence-electron chi connectivity index (χ4n) is 2.34. The SMILES string of the molecule is CCc1ccccc1C(O)Cc1cc(C)nn1C. The molecule has 0 aliphatic carbocycles. The first-order valence-electron chi connectivity index (χ1n) is 6.37. The molecule has 0 amide bonds. The van der Waals surface area contributed by atoms with Crippen molar-refractivity contribution in [3.05, 3.63) is 52.8 Å². The average Bonchev–Trinajstić information content (AvgIpc) is 2.67. The minimum absolute atomic E-state index is 0.462. The lowest BCUT2D eigenvalue weighted by molar-refractivity contribution is 0.175. The Morgan fingerprint density at radius 3 is 2.67 bits per heavy atom. The van der Waals surface area contributed by atoms with E-state index in [1.54, 1.807) is 0 Å². The molecule has 3 heteroatoms. The van der Waals surface area contributed by atoms with Crippen molar-refractivity contribution in [2.45, 2.75) is 32.8 Å². The Bertz CT molecular complexity index is 531. The zero-order chi connectivity index (χ0) is 13.1. The molecule has 1 unspecified atom stereocenters. The van der Waals surface area contributed by atoms with Crippen LogP contribution in [0.25, 0.3) is 0 Å². The molecule has 0 radical (unpaired) electrons. The van der Waals surface area contributed by atoms with Gasteiger partial charge in [-0.3, -0.25) is 4.68 Å². The van der Waals surface area contributed by atoms with Crippen molar-refractivity contribution in [2.75, 3.05) is 0 Å². The molecule has 2 aromatic rings. The van der Waals surface area contributed by atoms with Gasteiger partial charge < -0.3 is 5.11 Å². The van der Waals surface area contributed by atoms with E-state index in [9.17, 15) is 5.11 Å². The maximum absolute atomic E-state index is 10.4. The maximum atomic E-state index is 10.4. The van der Waals surface area contributed by atoms with E-state index in [-0.39, 0.29) is 0 Å². The summed E-state index contributed by atoms with van der Waals surface area (Å²) in [4.78, 5) is 0. The monoisotopic (exact) mass is 244 g/mol. The van der Waals surface area contributed by atoms with E-state index in [1.807, 2.05) is 42.9 Å². The number of aliphatic hydroxyl groups is 1. The summed E-state index contributed by atoms with van der Waals surface area (Å²) in [5.74, 6) is 0. The maximum Gasteiger partial charge on any atom is 0.0847 e. The molecule has 96 valence electrons. The van der Waals surface area contributed by atoms with Crippen molar-refractivity contribution in [1.82, 2.24) is 9.78 Å². The van der Waals surface area contributed by atoms with Gasteiger partial charge in [-0.05, 0) is 30.5 Å². The van der Waals surface area contributed by atoms with E-state index < -0.39 is 6.10 Å². The van der Waals surface area contributed by atoms with Gasteiger partial charge in [0.05, 0.1) is 11.8 Å². The van der Waals surface area contributed by atoms with Crippen LogP contribution in [-0.4, -0.2) is 14.9 Å². The first-order chi connectivity index (χ1) is 8.61. The van der Waals surface area contributed by atoms with Gasteiger partial charge in [-0.1, -0.05) is 31.2 Å². The molecule has 0 saturated heterocycles. The third-order valence-electron chi connectivity index (χ3n) is 3.30. The summed E-state index contributed by atoms with van der Waals surface area (Å²) < 4.78 is 1.84. The minimum atomic E-state index is -0.462. The lowest BCUT2D eigenvalue weighted by Crippen LogP contribution is -2.08. The molecule has 0 aliphatic heterocycles. The van der Waals surface area contributed by atoms with Gasteiger partial charge in [0.2, 0.25) is 0 Å². The van der Waals surface area contributed by atoms with E-state index in [4.69, 9.17) is 0 Å². The van der Waals surface area contributed by atoms with Crippen LogP contribution in [-0.2, 0) is 19.9 Å². The first kappa shape index (κ1) is 12.8. The molecular weight excluding hydrogens is 224 g/mol. The lowest BCUT2D eigenvalue weighted by atomic mass is 9.97. The molecular formula is C15H20N2O. The van der Waals surface area contributed by atoms with Crippen LogP contribution in [0, 0.1) is 6.92 Å². The molecule has 1 aromatic heterocycles. The topological polar surface area (TPSA) is 38.1 Å². The van der Waals surface area contributed by atoms with Crippen molar-refractivity contribution >= 4 is 0 Å². The van der Waals surface area contributed by atoms with Crippen molar-refractivity contribution in [3.63, 3.8) is 0 Å². The molecule has 0 saturated carbocycles. The van der Waals surface area contributed by atoms with E-state index in [2.05, 4.69) is 18.1 Å². The van der Waals surface area contributed by atoms with Gasteiger partial charge in [-0.15, -0.1) is 0 Å². The van der Waals surface area contributed by atoms with E-state index >= 15 is 0 Å². The van der Waals surface area contributed by atoms with Crippen LogP contribution in [0.1, 0.15) is 35.5 Å². The van der Waals surface area contributed by atoms with Crippen LogP contribution >= 0.6 is 0 Å². The van der Waals surface area contributed by atoms with Gasteiger partial charge in [-0.25, -0.2) is 0 Å². The second-order valence-corrected chi connectivity index (χ2v) is 4.67. The van der Waals surface area contributed by atoms with Gasteiger partial charge >= 0.3 is 0 Å². The molecule has 1 heterocycles. The second kappa shape index (κ2) is 5.36. The Morgan fingerprint density at radius 2 is 2.06 bits per heavy atom. The lowest BCUT2D eigenvalue weighted by Gasteiger charge is -2.14. The van der Waals surface area contributed by atoms with Crippen LogP contribution in [0.3, 0.4) is 0 Å². The molecule has 3 nitrogen and oxygen atoms in total. The number of aryl methyl sites for hydroxylation is 3. The number of rotatable bonds is 4. The second-order valence-electron chi connectivity index (χ2n) is 4.67. The third-order valence-corrected chi connectivity index (χ3v) is 3.30. The van der Waals surface area contributed by atoms with Gasteiger partial charge in [0.1, 0.15) is 0 Å². The number of aliphatic hydroxyl groups excluding tert-OH is 1. The predicted molar refractivity (Wildman–Crippen MR) is 72.4 cm³/mol. The Hall–Kier alpha value is -1.61. The number of hydrogen-bond acceptors (Lipinski definition) is 2. The third kappa shape index (κ3) is 2.62. The number of aromatic nitrogens is 2. The molecule has 1 aromatic carbocycles.